The number of hydrogen-bond donors (Lipinski definition) is 0. The van der Waals surface area contributed by atoms with Crippen molar-refractivity contribution < 1.29 is 14.4 Å². The van der Waals surface area contributed by atoms with Crippen LogP contribution in [0.25, 0.3) is 0 Å². The number of ether oxygens (including phenoxy) is 2. The molecule has 1 unspecified atom stereocenters. The van der Waals surface area contributed by atoms with Gasteiger partial charge in [0.25, 0.3) is 5.69 Å². The maximum absolute atomic E-state index is 11.1. The van der Waals surface area contributed by atoms with Crippen molar-refractivity contribution in [2.75, 3.05) is 37.8 Å². The van der Waals surface area contributed by atoms with Crippen LogP contribution in [0.15, 0.2) is 24.3 Å². The largest absolute Gasteiger partial charge is 0.376 e. The normalized spacial score (nSPS) is 24.0. The average Bonchev–Trinajstić information content (AvgIpc) is 2.56. The zero-order valence-corrected chi connectivity index (χ0v) is 11.9. The van der Waals surface area contributed by atoms with Crippen molar-refractivity contribution in [3.05, 3.63) is 34.4 Å². The van der Waals surface area contributed by atoms with Crippen LogP contribution in [0.5, 0.6) is 0 Å². The van der Waals surface area contributed by atoms with Crippen LogP contribution in [0.2, 0.25) is 0 Å². The van der Waals surface area contributed by atoms with Crippen molar-refractivity contribution in [2.45, 2.75) is 18.9 Å². The van der Waals surface area contributed by atoms with Crippen LogP contribution in [0.4, 0.5) is 11.4 Å². The van der Waals surface area contributed by atoms with Crippen LogP contribution in [-0.4, -0.2) is 43.9 Å². The Hall–Kier alpha value is -1.66. The van der Waals surface area contributed by atoms with Gasteiger partial charge in [0.05, 0.1) is 30.8 Å². The van der Waals surface area contributed by atoms with Crippen molar-refractivity contribution >= 4 is 11.4 Å². The first-order valence-corrected chi connectivity index (χ1v) is 7.43. The number of piperidine rings is 1. The summed E-state index contributed by atoms with van der Waals surface area (Å²) >= 11 is 0. The molecule has 0 radical (unpaired) electrons. The lowest BCUT2D eigenvalue weighted by Gasteiger charge is -2.38. The Kier molecular flexibility index (Phi) is 4.36. The van der Waals surface area contributed by atoms with Crippen LogP contribution in [0.3, 0.4) is 0 Å². The standard InChI is InChI=1S/C15H20N2O4/c18-17(19)14-4-2-1-3-13(14)16-7-5-12(6-8-16)15-11-20-9-10-21-15/h1-4,12,15H,5-11H2. The molecule has 0 bridgehead atoms. The fourth-order valence-electron chi connectivity index (χ4n) is 3.18. The first kappa shape index (κ1) is 14.3. The maximum atomic E-state index is 11.1. The van der Waals surface area contributed by atoms with Crippen LogP contribution < -0.4 is 4.90 Å². The number of para-hydroxylation sites is 2. The van der Waals surface area contributed by atoms with Crippen molar-refractivity contribution in [3.8, 4) is 0 Å². The second-order valence-corrected chi connectivity index (χ2v) is 5.55. The van der Waals surface area contributed by atoms with E-state index in [1.165, 1.54) is 0 Å². The van der Waals surface area contributed by atoms with Crippen molar-refractivity contribution in [1.82, 2.24) is 0 Å². The van der Waals surface area contributed by atoms with Crippen LogP contribution in [0.1, 0.15) is 12.8 Å². The molecule has 6 nitrogen and oxygen atoms in total. The highest BCUT2D eigenvalue weighted by Crippen LogP contribution is 2.32. The van der Waals surface area contributed by atoms with E-state index in [1.807, 2.05) is 12.1 Å². The van der Waals surface area contributed by atoms with Gasteiger partial charge in [0.1, 0.15) is 5.69 Å². The van der Waals surface area contributed by atoms with Gasteiger partial charge >= 0.3 is 0 Å². The van der Waals surface area contributed by atoms with Gasteiger partial charge in [0.15, 0.2) is 0 Å². The molecule has 2 fully saturated rings. The Bertz CT molecular complexity index is 494. The van der Waals surface area contributed by atoms with Crippen molar-refractivity contribution in [3.63, 3.8) is 0 Å². The molecule has 2 saturated heterocycles. The number of benzene rings is 1. The lowest BCUT2D eigenvalue weighted by atomic mass is 9.91. The van der Waals surface area contributed by atoms with E-state index >= 15 is 0 Å². The van der Waals surface area contributed by atoms with E-state index in [0.717, 1.165) is 31.6 Å². The molecule has 1 aromatic carbocycles. The van der Waals surface area contributed by atoms with Gasteiger partial charge in [-0.3, -0.25) is 10.1 Å². The molecule has 1 atom stereocenters. The molecular weight excluding hydrogens is 272 g/mol. The molecule has 0 aromatic heterocycles. The molecule has 2 aliphatic rings. The van der Waals surface area contributed by atoms with Gasteiger partial charge in [-0.2, -0.15) is 0 Å². The van der Waals surface area contributed by atoms with Crippen LogP contribution >= 0.6 is 0 Å². The van der Waals surface area contributed by atoms with E-state index < -0.39 is 0 Å². The summed E-state index contributed by atoms with van der Waals surface area (Å²) in [6.45, 7) is 3.70. The zero-order valence-electron chi connectivity index (χ0n) is 11.9. The number of rotatable bonds is 3. The number of nitro groups is 1. The van der Waals surface area contributed by atoms with E-state index in [0.29, 0.717) is 25.7 Å². The van der Waals surface area contributed by atoms with Crippen molar-refractivity contribution in [2.24, 2.45) is 5.92 Å². The van der Waals surface area contributed by atoms with E-state index in [1.54, 1.807) is 12.1 Å². The predicted molar refractivity (Wildman–Crippen MR) is 78.6 cm³/mol. The minimum Gasteiger partial charge on any atom is -0.376 e. The van der Waals surface area contributed by atoms with E-state index in [-0.39, 0.29) is 16.7 Å². The zero-order chi connectivity index (χ0) is 14.7. The quantitative estimate of drug-likeness (QED) is 0.631. The summed E-state index contributed by atoms with van der Waals surface area (Å²) in [6.07, 6.45) is 2.16. The maximum Gasteiger partial charge on any atom is 0.292 e. The summed E-state index contributed by atoms with van der Waals surface area (Å²) in [5.41, 5.74) is 0.912. The molecule has 0 saturated carbocycles. The molecule has 6 heteroatoms. The summed E-state index contributed by atoms with van der Waals surface area (Å²) in [6, 6.07) is 6.96. The van der Waals surface area contributed by atoms with E-state index in [2.05, 4.69) is 4.90 Å². The third kappa shape index (κ3) is 3.16. The van der Waals surface area contributed by atoms with Gasteiger partial charge in [-0.1, -0.05) is 12.1 Å². The fraction of sp³-hybridized carbons (Fsp3) is 0.600. The molecule has 3 rings (SSSR count). The number of nitrogens with zero attached hydrogens (tertiary/aromatic N) is 2. The third-order valence-electron chi connectivity index (χ3n) is 4.33. The topological polar surface area (TPSA) is 64.8 Å². The minimum atomic E-state index is -0.306. The Morgan fingerprint density at radius 2 is 1.95 bits per heavy atom. The second-order valence-electron chi connectivity index (χ2n) is 5.55. The molecule has 0 aliphatic carbocycles. The van der Waals surface area contributed by atoms with Gasteiger partial charge < -0.3 is 14.4 Å². The molecule has 1 aromatic rings. The first-order valence-electron chi connectivity index (χ1n) is 7.43. The molecule has 0 amide bonds. The van der Waals surface area contributed by atoms with E-state index in [9.17, 15) is 10.1 Å². The monoisotopic (exact) mass is 292 g/mol. The summed E-state index contributed by atoms with van der Waals surface area (Å²) in [5, 5.41) is 11.1. The van der Waals surface area contributed by atoms with Crippen LogP contribution in [0, 0.1) is 16.0 Å². The molecule has 2 aliphatic heterocycles. The summed E-state index contributed by atoms with van der Waals surface area (Å²) in [4.78, 5) is 12.9. The van der Waals surface area contributed by atoms with Gasteiger partial charge in [-0.05, 0) is 24.8 Å². The van der Waals surface area contributed by atoms with Gasteiger partial charge in [-0.25, -0.2) is 0 Å². The molecule has 0 N–H and O–H groups in total. The average molecular weight is 292 g/mol. The Labute approximate surface area is 123 Å². The molecule has 0 spiro atoms. The molecular formula is C15H20N2O4. The van der Waals surface area contributed by atoms with E-state index in [4.69, 9.17) is 9.47 Å². The fourth-order valence-corrected chi connectivity index (χ4v) is 3.18. The highest BCUT2D eigenvalue weighted by molar-refractivity contribution is 5.63. The first-order chi connectivity index (χ1) is 10.3. The second kappa shape index (κ2) is 6.41. The number of nitro benzene ring substituents is 1. The Balaban J connectivity index is 1.64. The van der Waals surface area contributed by atoms with Gasteiger partial charge in [0, 0.05) is 19.2 Å². The van der Waals surface area contributed by atoms with Gasteiger partial charge in [-0.15, -0.1) is 0 Å². The highest BCUT2D eigenvalue weighted by atomic mass is 16.6. The molecule has 114 valence electrons. The lowest BCUT2D eigenvalue weighted by molar-refractivity contribution is -0.384. The molecule has 2 heterocycles. The predicted octanol–water partition coefficient (Wildman–Crippen LogP) is 2.23. The third-order valence-corrected chi connectivity index (χ3v) is 4.33. The highest BCUT2D eigenvalue weighted by Gasteiger charge is 2.30. The summed E-state index contributed by atoms with van der Waals surface area (Å²) < 4.78 is 11.2. The Morgan fingerprint density at radius 3 is 2.62 bits per heavy atom. The van der Waals surface area contributed by atoms with Crippen molar-refractivity contribution in [1.29, 1.82) is 0 Å². The number of anilines is 1. The number of hydrogen-bond acceptors (Lipinski definition) is 5. The summed E-state index contributed by atoms with van der Waals surface area (Å²) in [5.74, 6) is 0.490. The SMILES string of the molecule is O=[N+]([O-])c1ccccc1N1CCC(C2COCCO2)CC1. The van der Waals surface area contributed by atoms with Gasteiger partial charge in [0.2, 0.25) is 0 Å². The molecule has 21 heavy (non-hydrogen) atoms. The summed E-state index contributed by atoms with van der Waals surface area (Å²) in [7, 11) is 0. The lowest BCUT2D eigenvalue weighted by Crippen LogP contribution is -2.42. The smallest absolute Gasteiger partial charge is 0.292 e. The minimum absolute atomic E-state index is 0.187. The Morgan fingerprint density at radius 1 is 1.19 bits per heavy atom. The van der Waals surface area contributed by atoms with Crippen LogP contribution in [-0.2, 0) is 9.47 Å².